The molecule has 2 amide bonds. The average molecular weight is 512 g/mol. The molecule has 0 saturated carbocycles. The summed E-state index contributed by atoms with van der Waals surface area (Å²) in [6.07, 6.45) is -4.11. The number of hydrogen-bond donors (Lipinski definition) is 1. The largest absolute Gasteiger partial charge is 0.416 e. The molecule has 2 aromatic carbocycles. The van der Waals surface area contributed by atoms with Gasteiger partial charge in [-0.1, -0.05) is 44.2 Å². The number of nitrogens with one attached hydrogen (secondary N) is 1. The maximum Gasteiger partial charge on any atom is 0.416 e. The summed E-state index contributed by atoms with van der Waals surface area (Å²) in [6.45, 7) is 10.0. The number of carbonyl (C=O) groups excluding carboxylic acids is 1. The highest BCUT2D eigenvalue weighted by atomic mass is 19.4. The predicted molar refractivity (Wildman–Crippen MR) is 139 cm³/mol. The summed E-state index contributed by atoms with van der Waals surface area (Å²) in [7, 11) is 0. The summed E-state index contributed by atoms with van der Waals surface area (Å²) in [6, 6.07) is 13.1. The van der Waals surface area contributed by atoms with E-state index in [1.165, 1.54) is 17.7 Å². The molecule has 0 unspecified atom stereocenters. The number of hydrogen-bond acceptors (Lipinski definition) is 4. The number of carbonyl (C=O) groups is 1. The summed E-state index contributed by atoms with van der Waals surface area (Å²) in [5.41, 5.74) is 3.38. The van der Waals surface area contributed by atoms with E-state index in [1.54, 1.807) is 17.9 Å². The molecule has 37 heavy (non-hydrogen) atoms. The number of halogens is 3. The summed E-state index contributed by atoms with van der Waals surface area (Å²) in [5, 5.41) is 2.96. The van der Waals surface area contributed by atoms with Gasteiger partial charge in [0, 0.05) is 49.5 Å². The van der Waals surface area contributed by atoms with Gasteiger partial charge in [-0.2, -0.15) is 13.2 Å². The first kappa shape index (κ1) is 26.4. The van der Waals surface area contributed by atoms with Crippen LogP contribution in [-0.2, 0) is 12.6 Å². The van der Waals surface area contributed by atoms with Crippen LogP contribution >= 0.6 is 0 Å². The number of aryl methyl sites for hydroxylation is 2. The second kappa shape index (κ2) is 10.8. The molecule has 1 N–H and O–H groups in total. The van der Waals surface area contributed by atoms with Gasteiger partial charge < -0.3 is 15.1 Å². The molecule has 0 atom stereocenters. The maximum absolute atomic E-state index is 13.2. The number of aromatic nitrogens is 2. The monoisotopic (exact) mass is 511 g/mol. The Morgan fingerprint density at radius 1 is 1.00 bits per heavy atom. The summed E-state index contributed by atoms with van der Waals surface area (Å²) >= 11 is 0. The van der Waals surface area contributed by atoms with Gasteiger partial charge in [-0.3, -0.25) is 0 Å². The number of benzene rings is 2. The molecular formula is C28H32F3N5O. The standard InChI is InChI=1S/C28H32F3N5O/c1-18(2)22-8-10-24(11-9-22)34-27(37)36-14-12-35(13-15-36)26-25(19(3)32-20(4)33-26)17-21-6-5-7-23(16-21)28(29,30)31/h5-11,16,18H,12-15,17H2,1-4H3,(H,34,37). The van der Waals surface area contributed by atoms with Crippen LogP contribution in [0.25, 0.3) is 0 Å². The minimum atomic E-state index is -4.40. The average Bonchev–Trinajstić information content (AvgIpc) is 2.85. The Morgan fingerprint density at radius 2 is 1.68 bits per heavy atom. The quantitative estimate of drug-likeness (QED) is 0.444. The highest BCUT2D eigenvalue weighted by molar-refractivity contribution is 5.89. The zero-order chi connectivity index (χ0) is 26.7. The number of piperazine rings is 1. The van der Waals surface area contributed by atoms with Crippen LogP contribution in [0.4, 0.5) is 29.5 Å². The zero-order valence-corrected chi connectivity index (χ0v) is 21.6. The molecule has 0 aliphatic carbocycles. The first-order chi connectivity index (χ1) is 17.5. The normalized spacial score (nSPS) is 14.3. The third kappa shape index (κ3) is 6.39. The van der Waals surface area contributed by atoms with Gasteiger partial charge in [0.15, 0.2) is 0 Å². The topological polar surface area (TPSA) is 61.4 Å². The van der Waals surface area contributed by atoms with Gasteiger partial charge in [0.25, 0.3) is 0 Å². The van der Waals surface area contributed by atoms with Crippen LogP contribution in [0.2, 0.25) is 0 Å². The SMILES string of the molecule is Cc1nc(C)c(Cc2cccc(C(F)(F)F)c2)c(N2CCN(C(=O)Nc3ccc(C(C)C)cc3)CC2)n1. The lowest BCUT2D eigenvalue weighted by Gasteiger charge is -2.36. The van der Waals surface area contributed by atoms with Crippen molar-refractivity contribution in [2.75, 3.05) is 36.4 Å². The van der Waals surface area contributed by atoms with Crippen LogP contribution in [0.5, 0.6) is 0 Å². The molecule has 3 aromatic rings. The Bertz CT molecular complexity index is 1250. The highest BCUT2D eigenvalue weighted by Gasteiger charge is 2.31. The van der Waals surface area contributed by atoms with E-state index in [-0.39, 0.29) is 6.03 Å². The van der Waals surface area contributed by atoms with Crippen LogP contribution in [0.15, 0.2) is 48.5 Å². The summed E-state index contributed by atoms with van der Waals surface area (Å²) in [4.78, 5) is 25.8. The Balaban J connectivity index is 1.46. The lowest BCUT2D eigenvalue weighted by atomic mass is 10.0. The Hall–Kier alpha value is -3.62. The van der Waals surface area contributed by atoms with Crippen LogP contribution in [0, 0.1) is 13.8 Å². The van der Waals surface area contributed by atoms with Crippen molar-refractivity contribution in [1.82, 2.24) is 14.9 Å². The fourth-order valence-corrected chi connectivity index (χ4v) is 4.52. The van der Waals surface area contributed by atoms with E-state index >= 15 is 0 Å². The lowest BCUT2D eigenvalue weighted by Crippen LogP contribution is -2.50. The van der Waals surface area contributed by atoms with Crippen LogP contribution in [0.3, 0.4) is 0 Å². The number of urea groups is 1. The van der Waals surface area contributed by atoms with E-state index in [1.807, 2.05) is 31.2 Å². The molecule has 1 aliphatic heterocycles. The van der Waals surface area contributed by atoms with Crippen molar-refractivity contribution >= 4 is 17.5 Å². The molecule has 9 heteroatoms. The fourth-order valence-electron chi connectivity index (χ4n) is 4.52. The van der Waals surface area contributed by atoms with Crippen LogP contribution < -0.4 is 10.2 Å². The zero-order valence-electron chi connectivity index (χ0n) is 21.6. The van der Waals surface area contributed by atoms with Crippen molar-refractivity contribution in [3.63, 3.8) is 0 Å². The Morgan fingerprint density at radius 3 is 2.30 bits per heavy atom. The molecule has 6 nitrogen and oxygen atoms in total. The smallest absolute Gasteiger partial charge is 0.353 e. The fraction of sp³-hybridized carbons (Fsp3) is 0.393. The molecule has 1 aromatic heterocycles. The Kier molecular flexibility index (Phi) is 7.71. The maximum atomic E-state index is 13.2. The minimum absolute atomic E-state index is 0.156. The number of rotatable bonds is 5. The van der Waals surface area contributed by atoms with Gasteiger partial charge in [0.1, 0.15) is 11.6 Å². The van der Waals surface area contributed by atoms with Crippen molar-refractivity contribution in [3.05, 3.63) is 82.3 Å². The molecule has 1 fully saturated rings. The first-order valence-electron chi connectivity index (χ1n) is 12.4. The molecule has 1 saturated heterocycles. The second-order valence-corrected chi connectivity index (χ2v) is 9.71. The van der Waals surface area contributed by atoms with Crippen molar-refractivity contribution in [2.45, 2.75) is 46.2 Å². The number of alkyl halides is 3. The molecule has 2 heterocycles. The van der Waals surface area contributed by atoms with Crippen LogP contribution in [-0.4, -0.2) is 47.1 Å². The molecule has 196 valence electrons. The first-order valence-corrected chi connectivity index (χ1v) is 12.4. The summed E-state index contributed by atoms with van der Waals surface area (Å²) in [5.74, 6) is 1.74. The van der Waals surface area contributed by atoms with Gasteiger partial charge in [-0.25, -0.2) is 14.8 Å². The molecular weight excluding hydrogens is 479 g/mol. The molecule has 0 radical (unpaired) electrons. The van der Waals surface area contributed by atoms with E-state index in [0.29, 0.717) is 55.7 Å². The van der Waals surface area contributed by atoms with Crippen molar-refractivity contribution < 1.29 is 18.0 Å². The number of anilines is 2. The summed E-state index contributed by atoms with van der Waals surface area (Å²) < 4.78 is 39.7. The second-order valence-electron chi connectivity index (χ2n) is 9.71. The Labute approximate surface area is 215 Å². The predicted octanol–water partition coefficient (Wildman–Crippen LogP) is 6.18. The van der Waals surface area contributed by atoms with E-state index in [2.05, 4.69) is 34.0 Å². The van der Waals surface area contributed by atoms with Gasteiger partial charge in [-0.15, -0.1) is 0 Å². The van der Waals surface area contributed by atoms with Gasteiger partial charge in [0.05, 0.1) is 5.56 Å². The van der Waals surface area contributed by atoms with Gasteiger partial charge in [-0.05, 0) is 49.1 Å². The van der Waals surface area contributed by atoms with E-state index in [9.17, 15) is 18.0 Å². The minimum Gasteiger partial charge on any atom is -0.353 e. The number of nitrogens with zero attached hydrogens (tertiary/aromatic N) is 4. The third-order valence-corrected chi connectivity index (χ3v) is 6.63. The van der Waals surface area contributed by atoms with E-state index in [4.69, 9.17) is 0 Å². The van der Waals surface area contributed by atoms with Crippen molar-refractivity contribution in [3.8, 4) is 0 Å². The lowest BCUT2D eigenvalue weighted by molar-refractivity contribution is -0.137. The van der Waals surface area contributed by atoms with Gasteiger partial charge >= 0.3 is 12.2 Å². The molecule has 1 aliphatic rings. The number of amides is 2. The van der Waals surface area contributed by atoms with Crippen molar-refractivity contribution in [2.24, 2.45) is 0 Å². The molecule has 0 bridgehead atoms. The third-order valence-electron chi connectivity index (χ3n) is 6.63. The molecule has 4 rings (SSSR count). The highest BCUT2D eigenvalue weighted by Crippen LogP contribution is 2.31. The van der Waals surface area contributed by atoms with Gasteiger partial charge in [0.2, 0.25) is 0 Å². The van der Waals surface area contributed by atoms with E-state index in [0.717, 1.165) is 23.0 Å². The van der Waals surface area contributed by atoms with Crippen LogP contribution in [0.1, 0.15) is 53.5 Å². The van der Waals surface area contributed by atoms with E-state index < -0.39 is 11.7 Å². The molecule has 0 spiro atoms. The van der Waals surface area contributed by atoms with Crippen molar-refractivity contribution in [1.29, 1.82) is 0 Å².